The van der Waals surface area contributed by atoms with E-state index < -0.39 is 6.36 Å². The van der Waals surface area contributed by atoms with Gasteiger partial charge in [-0.15, -0.1) is 25.6 Å². The lowest BCUT2D eigenvalue weighted by molar-refractivity contribution is -0.274. The molecule has 3 aromatic rings. The highest BCUT2D eigenvalue weighted by molar-refractivity contribution is 5.95. The fraction of sp³-hybridized carbons (Fsp3) is 0.250. The van der Waals surface area contributed by atoms with E-state index in [0.29, 0.717) is 10.9 Å². The monoisotopic (exact) mass is 409 g/mol. The van der Waals surface area contributed by atoms with Crippen LogP contribution in [0, 0.1) is 0 Å². The second kappa shape index (κ2) is 8.24. The molecular formula is C20H19ClF3N3O. The van der Waals surface area contributed by atoms with Gasteiger partial charge >= 0.3 is 6.36 Å². The minimum atomic E-state index is -4.72. The summed E-state index contributed by atoms with van der Waals surface area (Å²) in [5.74, 6) is -0.236. The van der Waals surface area contributed by atoms with Crippen LogP contribution >= 0.6 is 12.4 Å². The summed E-state index contributed by atoms with van der Waals surface area (Å²) in [5.41, 5.74) is 3.26. The second-order valence-corrected chi connectivity index (χ2v) is 6.36. The van der Waals surface area contributed by atoms with Crippen molar-refractivity contribution in [3.05, 3.63) is 54.6 Å². The van der Waals surface area contributed by atoms with Gasteiger partial charge in [0.2, 0.25) is 0 Å². The summed E-state index contributed by atoms with van der Waals surface area (Å²) < 4.78 is 42.0. The SMILES string of the molecule is Cl.FC(F)(F)Oc1ccc2nc(-c3ccccc3)cc(N3CCNCC3)c2c1. The minimum absolute atomic E-state index is 0. The molecule has 0 radical (unpaired) electrons. The quantitative estimate of drug-likeness (QED) is 0.684. The van der Waals surface area contributed by atoms with Crippen molar-refractivity contribution in [3.63, 3.8) is 0 Å². The topological polar surface area (TPSA) is 37.4 Å². The molecule has 148 valence electrons. The number of anilines is 1. The maximum absolute atomic E-state index is 12.6. The van der Waals surface area contributed by atoms with Gasteiger partial charge in [-0.3, -0.25) is 0 Å². The molecule has 2 heterocycles. The van der Waals surface area contributed by atoms with Gasteiger partial charge in [-0.05, 0) is 24.3 Å². The molecule has 1 N–H and O–H groups in total. The Bertz CT molecular complexity index is 945. The molecular weight excluding hydrogens is 391 g/mol. The van der Waals surface area contributed by atoms with Crippen LogP contribution in [0.25, 0.3) is 22.2 Å². The molecule has 4 nitrogen and oxygen atoms in total. The third-order valence-electron chi connectivity index (χ3n) is 4.52. The first-order chi connectivity index (χ1) is 13.0. The molecule has 8 heteroatoms. The summed E-state index contributed by atoms with van der Waals surface area (Å²) in [4.78, 5) is 6.83. The largest absolute Gasteiger partial charge is 0.573 e. The number of alkyl halides is 3. The molecule has 0 saturated carbocycles. The van der Waals surface area contributed by atoms with Gasteiger partial charge in [0, 0.05) is 42.8 Å². The number of pyridine rings is 1. The van der Waals surface area contributed by atoms with Crippen molar-refractivity contribution in [3.8, 4) is 17.0 Å². The molecule has 2 aromatic carbocycles. The van der Waals surface area contributed by atoms with E-state index in [1.165, 1.54) is 12.1 Å². The van der Waals surface area contributed by atoms with Crippen LogP contribution < -0.4 is 15.0 Å². The molecule has 1 aliphatic heterocycles. The molecule has 0 atom stereocenters. The Kier molecular flexibility index (Phi) is 5.96. The minimum Gasteiger partial charge on any atom is -0.406 e. The van der Waals surface area contributed by atoms with E-state index in [1.807, 2.05) is 36.4 Å². The molecule has 1 saturated heterocycles. The number of hydrogen-bond donors (Lipinski definition) is 1. The predicted octanol–water partition coefficient (Wildman–Crippen LogP) is 4.63. The maximum atomic E-state index is 12.6. The number of halogens is 4. The van der Waals surface area contributed by atoms with E-state index in [-0.39, 0.29) is 18.2 Å². The molecule has 0 spiro atoms. The third-order valence-corrected chi connectivity index (χ3v) is 4.52. The maximum Gasteiger partial charge on any atom is 0.573 e. The molecule has 28 heavy (non-hydrogen) atoms. The molecule has 1 aromatic heterocycles. The fourth-order valence-corrected chi connectivity index (χ4v) is 3.31. The summed E-state index contributed by atoms with van der Waals surface area (Å²) in [6.07, 6.45) is -4.72. The van der Waals surface area contributed by atoms with Gasteiger partial charge in [0.1, 0.15) is 5.75 Å². The normalized spacial score (nSPS) is 14.6. The first kappa shape index (κ1) is 20.2. The Morgan fingerprint density at radius 2 is 1.68 bits per heavy atom. The highest BCUT2D eigenvalue weighted by Crippen LogP contribution is 2.34. The van der Waals surface area contributed by atoms with Gasteiger partial charge in [0.25, 0.3) is 0 Å². The van der Waals surface area contributed by atoms with Gasteiger partial charge in [0.15, 0.2) is 0 Å². The lowest BCUT2D eigenvalue weighted by Gasteiger charge is -2.30. The molecule has 0 amide bonds. The van der Waals surface area contributed by atoms with Gasteiger partial charge in [-0.2, -0.15) is 0 Å². The lowest BCUT2D eigenvalue weighted by Crippen LogP contribution is -2.43. The summed E-state index contributed by atoms with van der Waals surface area (Å²) in [5, 5.41) is 3.94. The van der Waals surface area contributed by atoms with Crippen molar-refractivity contribution in [2.24, 2.45) is 0 Å². The Labute approximate surface area is 166 Å². The van der Waals surface area contributed by atoms with E-state index in [1.54, 1.807) is 6.07 Å². The number of rotatable bonds is 3. The second-order valence-electron chi connectivity index (χ2n) is 6.36. The zero-order valence-electron chi connectivity index (χ0n) is 14.9. The van der Waals surface area contributed by atoms with Gasteiger partial charge in [-0.1, -0.05) is 30.3 Å². The van der Waals surface area contributed by atoms with Crippen molar-refractivity contribution in [1.29, 1.82) is 0 Å². The average Bonchev–Trinajstić information content (AvgIpc) is 2.67. The molecule has 0 unspecified atom stereocenters. The highest BCUT2D eigenvalue weighted by atomic mass is 35.5. The Morgan fingerprint density at radius 1 is 0.964 bits per heavy atom. The Morgan fingerprint density at radius 3 is 2.36 bits per heavy atom. The summed E-state index contributed by atoms with van der Waals surface area (Å²) in [7, 11) is 0. The number of ether oxygens (including phenoxy) is 1. The van der Waals surface area contributed by atoms with Crippen LogP contribution in [-0.2, 0) is 0 Å². The van der Waals surface area contributed by atoms with Crippen LogP contribution in [0.1, 0.15) is 0 Å². The van der Waals surface area contributed by atoms with Crippen LogP contribution in [0.2, 0.25) is 0 Å². The first-order valence-electron chi connectivity index (χ1n) is 8.71. The lowest BCUT2D eigenvalue weighted by atomic mass is 10.1. The van der Waals surface area contributed by atoms with E-state index in [9.17, 15) is 13.2 Å². The van der Waals surface area contributed by atoms with E-state index in [2.05, 4.69) is 19.9 Å². The number of fused-ring (bicyclic) bond motifs is 1. The number of nitrogens with zero attached hydrogens (tertiary/aromatic N) is 2. The van der Waals surface area contributed by atoms with Gasteiger partial charge in [-0.25, -0.2) is 4.98 Å². The van der Waals surface area contributed by atoms with Crippen molar-refractivity contribution >= 4 is 29.0 Å². The van der Waals surface area contributed by atoms with Crippen molar-refractivity contribution < 1.29 is 17.9 Å². The van der Waals surface area contributed by atoms with E-state index in [0.717, 1.165) is 43.1 Å². The van der Waals surface area contributed by atoms with Crippen LogP contribution in [0.4, 0.5) is 18.9 Å². The smallest absolute Gasteiger partial charge is 0.406 e. The van der Waals surface area contributed by atoms with Crippen molar-refractivity contribution in [2.45, 2.75) is 6.36 Å². The summed E-state index contributed by atoms with van der Waals surface area (Å²) in [6.45, 7) is 3.20. The number of nitrogens with one attached hydrogen (secondary N) is 1. The third kappa shape index (κ3) is 4.48. The number of aromatic nitrogens is 1. The number of benzene rings is 2. The average molecular weight is 410 g/mol. The van der Waals surface area contributed by atoms with Crippen LogP contribution in [0.3, 0.4) is 0 Å². The van der Waals surface area contributed by atoms with Gasteiger partial charge < -0.3 is 15.0 Å². The number of hydrogen-bond acceptors (Lipinski definition) is 4. The molecule has 0 aliphatic carbocycles. The standard InChI is InChI=1S/C20H18F3N3O.ClH/c21-20(22,23)27-15-6-7-17-16(12-15)19(26-10-8-24-9-11-26)13-18(25-17)14-4-2-1-3-5-14;/h1-7,12-13,24H,8-11H2;1H. The van der Waals surface area contributed by atoms with E-state index >= 15 is 0 Å². The molecule has 1 fully saturated rings. The Balaban J connectivity index is 0.00000225. The van der Waals surface area contributed by atoms with Crippen molar-refractivity contribution in [2.75, 3.05) is 31.1 Å². The van der Waals surface area contributed by atoms with Crippen LogP contribution in [-0.4, -0.2) is 37.5 Å². The number of piperazine rings is 1. The summed E-state index contributed by atoms with van der Waals surface area (Å²) >= 11 is 0. The van der Waals surface area contributed by atoms with Crippen LogP contribution in [0.5, 0.6) is 5.75 Å². The van der Waals surface area contributed by atoms with E-state index in [4.69, 9.17) is 0 Å². The van der Waals surface area contributed by atoms with Crippen LogP contribution in [0.15, 0.2) is 54.6 Å². The Hall–Kier alpha value is -2.51. The fourth-order valence-electron chi connectivity index (χ4n) is 3.31. The zero-order chi connectivity index (χ0) is 18.9. The zero-order valence-corrected chi connectivity index (χ0v) is 15.7. The first-order valence-corrected chi connectivity index (χ1v) is 8.71. The molecule has 0 bridgehead atoms. The molecule has 1 aliphatic rings. The van der Waals surface area contributed by atoms with Crippen molar-refractivity contribution in [1.82, 2.24) is 10.3 Å². The predicted molar refractivity (Wildman–Crippen MR) is 106 cm³/mol. The molecule has 4 rings (SSSR count). The summed E-state index contributed by atoms with van der Waals surface area (Å²) in [6, 6.07) is 16.0. The van der Waals surface area contributed by atoms with Gasteiger partial charge in [0.05, 0.1) is 11.2 Å². The highest BCUT2D eigenvalue weighted by Gasteiger charge is 2.31.